The van der Waals surface area contributed by atoms with Crippen LogP contribution >= 0.6 is 11.6 Å². The minimum absolute atomic E-state index is 0.104. The van der Waals surface area contributed by atoms with Crippen LogP contribution in [-0.4, -0.2) is 53.1 Å². The smallest absolute Gasteiger partial charge is 0.251 e. The predicted octanol–water partition coefficient (Wildman–Crippen LogP) is 2.07. The van der Waals surface area contributed by atoms with Gasteiger partial charge in [0.1, 0.15) is 11.9 Å². The number of nitrogens with zero attached hydrogens (tertiary/aromatic N) is 2. The van der Waals surface area contributed by atoms with Gasteiger partial charge >= 0.3 is 0 Å². The molecule has 4 nitrogen and oxygen atoms in total. The summed E-state index contributed by atoms with van der Waals surface area (Å²) in [4.78, 5) is 15.6. The lowest BCUT2D eigenvalue weighted by atomic mass is 10.1. The van der Waals surface area contributed by atoms with Gasteiger partial charge in [0.15, 0.2) is 0 Å². The Hall–Kier alpha value is -1.17. The number of rotatable bonds is 3. The maximum absolute atomic E-state index is 13.2. The standard InChI is InChI=1S/C15H20ClFN2O2/c1-10(12-3-4-14(17)13(16)9-12)18-5-7-19(8-6-18)15(21)11(2)20/h3-4,9-11,20H,5-8H2,1-2H3. The summed E-state index contributed by atoms with van der Waals surface area (Å²) >= 11 is 5.82. The Kier molecular flexibility index (Phi) is 5.19. The van der Waals surface area contributed by atoms with Gasteiger partial charge in [-0.15, -0.1) is 0 Å². The van der Waals surface area contributed by atoms with E-state index in [1.807, 2.05) is 6.92 Å². The number of hydrogen-bond acceptors (Lipinski definition) is 3. The first-order valence-corrected chi connectivity index (χ1v) is 7.44. The second-order valence-corrected chi connectivity index (χ2v) is 5.79. The summed E-state index contributed by atoms with van der Waals surface area (Å²) in [5.74, 6) is -0.646. The monoisotopic (exact) mass is 314 g/mol. The van der Waals surface area contributed by atoms with Crippen molar-refractivity contribution in [1.29, 1.82) is 0 Å². The van der Waals surface area contributed by atoms with Crippen LogP contribution in [0, 0.1) is 5.82 Å². The molecule has 0 spiro atoms. The fourth-order valence-electron chi connectivity index (χ4n) is 2.58. The Balaban J connectivity index is 1.98. The van der Waals surface area contributed by atoms with Crippen LogP contribution in [-0.2, 0) is 4.79 Å². The zero-order valence-corrected chi connectivity index (χ0v) is 13.0. The number of amides is 1. The molecular weight excluding hydrogens is 295 g/mol. The van der Waals surface area contributed by atoms with E-state index in [0.717, 1.165) is 5.56 Å². The number of carbonyl (C=O) groups is 1. The molecule has 1 heterocycles. The van der Waals surface area contributed by atoms with E-state index in [1.165, 1.54) is 13.0 Å². The van der Waals surface area contributed by atoms with Crippen LogP contribution in [0.4, 0.5) is 4.39 Å². The van der Waals surface area contributed by atoms with Gasteiger partial charge in [-0.05, 0) is 31.5 Å². The van der Waals surface area contributed by atoms with Crippen molar-refractivity contribution in [3.63, 3.8) is 0 Å². The maximum atomic E-state index is 13.2. The quantitative estimate of drug-likeness (QED) is 0.929. The highest BCUT2D eigenvalue weighted by Crippen LogP contribution is 2.25. The van der Waals surface area contributed by atoms with Gasteiger partial charge in [-0.2, -0.15) is 0 Å². The molecule has 1 aliphatic rings. The van der Waals surface area contributed by atoms with Gasteiger partial charge < -0.3 is 10.0 Å². The number of halogens is 2. The van der Waals surface area contributed by atoms with Crippen molar-refractivity contribution in [1.82, 2.24) is 9.80 Å². The number of aliphatic hydroxyl groups excluding tert-OH is 1. The molecule has 0 aliphatic carbocycles. The van der Waals surface area contributed by atoms with Crippen LogP contribution in [0.2, 0.25) is 5.02 Å². The number of carbonyl (C=O) groups excluding carboxylic acids is 1. The molecule has 2 rings (SSSR count). The van der Waals surface area contributed by atoms with Gasteiger partial charge in [0.05, 0.1) is 5.02 Å². The topological polar surface area (TPSA) is 43.8 Å². The van der Waals surface area contributed by atoms with E-state index < -0.39 is 11.9 Å². The van der Waals surface area contributed by atoms with E-state index in [1.54, 1.807) is 17.0 Å². The lowest BCUT2D eigenvalue weighted by molar-refractivity contribution is -0.141. The Morgan fingerprint density at radius 3 is 2.43 bits per heavy atom. The molecule has 116 valence electrons. The van der Waals surface area contributed by atoms with E-state index in [0.29, 0.717) is 26.2 Å². The van der Waals surface area contributed by atoms with Crippen molar-refractivity contribution in [3.8, 4) is 0 Å². The molecule has 2 atom stereocenters. The molecule has 6 heteroatoms. The highest BCUT2D eigenvalue weighted by molar-refractivity contribution is 6.30. The average Bonchev–Trinajstić information content (AvgIpc) is 2.48. The highest BCUT2D eigenvalue weighted by Gasteiger charge is 2.26. The zero-order chi connectivity index (χ0) is 15.6. The van der Waals surface area contributed by atoms with Gasteiger partial charge in [-0.25, -0.2) is 4.39 Å². The summed E-state index contributed by atoms with van der Waals surface area (Å²) in [6.07, 6.45) is -0.954. The molecule has 21 heavy (non-hydrogen) atoms. The molecule has 0 bridgehead atoms. The minimum Gasteiger partial charge on any atom is -0.384 e. The molecule has 1 aliphatic heterocycles. The minimum atomic E-state index is -0.954. The van der Waals surface area contributed by atoms with Crippen LogP contribution in [0.3, 0.4) is 0 Å². The summed E-state index contributed by atoms with van der Waals surface area (Å²) in [7, 11) is 0. The molecule has 0 radical (unpaired) electrons. The fraction of sp³-hybridized carbons (Fsp3) is 0.533. The average molecular weight is 315 g/mol. The number of aliphatic hydroxyl groups is 1. The largest absolute Gasteiger partial charge is 0.384 e. The molecule has 1 N–H and O–H groups in total. The van der Waals surface area contributed by atoms with Gasteiger partial charge in [-0.3, -0.25) is 9.69 Å². The van der Waals surface area contributed by atoms with E-state index in [-0.39, 0.29) is 17.0 Å². The summed E-state index contributed by atoms with van der Waals surface area (Å²) in [5, 5.41) is 9.45. The molecule has 1 fully saturated rings. The van der Waals surface area contributed by atoms with E-state index in [2.05, 4.69) is 4.90 Å². The Morgan fingerprint density at radius 2 is 1.90 bits per heavy atom. The first kappa shape index (κ1) is 16.2. The maximum Gasteiger partial charge on any atom is 0.251 e. The van der Waals surface area contributed by atoms with Gasteiger partial charge in [0.2, 0.25) is 0 Å². The van der Waals surface area contributed by atoms with Crippen molar-refractivity contribution in [3.05, 3.63) is 34.6 Å². The van der Waals surface area contributed by atoms with Crippen LogP contribution in [0.15, 0.2) is 18.2 Å². The first-order valence-electron chi connectivity index (χ1n) is 7.06. The van der Waals surface area contributed by atoms with Crippen LogP contribution < -0.4 is 0 Å². The predicted molar refractivity (Wildman–Crippen MR) is 79.7 cm³/mol. The lowest BCUT2D eigenvalue weighted by Gasteiger charge is -2.38. The molecule has 1 aromatic carbocycles. The third-order valence-corrected chi connectivity index (χ3v) is 4.25. The van der Waals surface area contributed by atoms with Crippen molar-refractivity contribution in [2.75, 3.05) is 26.2 Å². The molecule has 0 saturated carbocycles. The van der Waals surface area contributed by atoms with Gasteiger partial charge in [0, 0.05) is 32.2 Å². The van der Waals surface area contributed by atoms with E-state index in [4.69, 9.17) is 11.6 Å². The highest BCUT2D eigenvalue weighted by atomic mass is 35.5. The lowest BCUT2D eigenvalue weighted by Crippen LogP contribution is -2.51. The Labute approximate surface area is 129 Å². The summed E-state index contributed by atoms with van der Waals surface area (Å²) in [5.41, 5.74) is 0.955. The Morgan fingerprint density at radius 1 is 1.29 bits per heavy atom. The molecule has 1 saturated heterocycles. The van der Waals surface area contributed by atoms with Gasteiger partial charge in [-0.1, -0.05) is 17.7 Å². The molecule has 0 aromatic heterocycles. The number of hydrogen-bond donors (Lipinski definition) is 1. The normalized spacial score (nSPS) is 19.4. The summed E-state index contributed by atoms with van der Waals surface area (Å²) in [6, 6.07) is 4.86. The first-order chi connectivity index (χ1) is 9.90. The van der Waals surface area contributed by atoms with Crippen LogP contribution in [0.1, 0.15) is 25.5 Å². The molecule has 2 unspecified atom stereocenters. The van der Waals surface area contributed by atoms with E-state index in [9.17, 15) is 14.3 Å². The summed E-state index contributed by atoms with van der Waals surface area (Å²) < 4.78 is 13.2. The summed E-state index contributed by atoms with van der Waals surface area (Å²) in [6.45, 7) is 6.13. The number of benzene rings is 1. The van der Waals surface area contributed by atoms with Crippen molar-refractivity contribution in [2.24, 2.45) is 0 Å². The third kappa shape index (κ3) is 3.73. The second kappa shape index (κ2) is 6.73. The van der Waals surface area contributed by atoms with Crippen LogP contribution in [0.5, 0.6) is 0 Å². The molecular formula is C15H20ClFN2O2. The van der Waals surface area contributed by atoms with Crippen molar-refractivity contribution in [2.45, 2.75) is 26.0 Å². The third-order valence-electron chi connectivity index (χ3n) is 3.96. The zero-order valence-electron chi connectivity index (χ0n) is 12.2. The van der Waals surface area contributed by atoms with Crippen molar-refractivity contribution < 1.29 is 14.3 Å². The second-order valence-electron chi connectivity index (χ2n) is 5.39. The SMILES string of the molecule is CC(O)C(=O)N1CCN(C(C)c2ccc(F)c(Cl)c2)CC1. The number of piperazine rings is 1. The van der Waals surface area contributed by atoms with Crippen LogP contribution in [0.25, 0.3) is 0 Å². The molecule has 1 aromatic rings. The van der Waals surface area contributed by atoms with E-state index >= 15 is 0 Å². The Bertz CT molecular complexity index is 516. The van der Waals surface area contributed by atoms with Gasteiger partial charge in [0.25, 0.3) is 5.91 Å². The fourth-order valence-corrected chi connectivity index (χ4v) is 2.77. The molecule has 1 amide bonds. The van der Waals surface area contributed by atoms with Crippen molar-refractivity contribution >= 4 is 17.5 Å².